The Labute approximate surface area is 127 Å². The molecule has 0 aromatic carbocycles. The van der Waals surface area contributed by atoms with E-state index >= 15 is 0 Å². The lowest BCUT2D eigenvalue weighted by Gasteiger charge is -2.25. The maximum atomic E-state index is 4.79. The Kier molecular flexibility index (Phi) is 5.61. The molecule has 2 rings (SSSR count). The summed E-state index contributed by atoms with van der Waals surface area (Å²) in [6.45, 7) is 9.94. The number of rotatable bonds is 5. The Morgan fingerprint density at radius 3 is 2.65 bits per heavy atom. The second-order valence-electron chi connectivity index (χ2n) is 5.90. The average molecular weight is 293 g/mol. The third-order valence-corrected chi connectivity index (χ3v) is 5.05. The minimum absolute atomic E-state index is 0.572. The number of aromatic nitrogens is 1. The van der Waals surface area contributed by atoms with Crippen LogP contribution in [0.3, 0.4) is 0 Å². The van der Waals surface area contributed by atoms with Crippen molar-refractivity contribution in [2.45, 2.75) is 40.0 Å². The summed E-state index contributed by atoms with van der Waals surface area (Å²) in [5, 5.41) is 4.47. The van der Waals surface area contributed by atoms with Crippen molar-refractivity contribution < 1.29 is 0 Å². The standard InChI is InChI=1S/C16H27N3S/c1-12(2)14(11-17-4)10-15-13(3)18-16(20-15)19-8-6-5-7-9-19/h10,12,17H,5-9,11H2,1-4H3. The van der Waals surface area contributed by atoms with E-state index in [1.54, 1.807) is 0 Å². The van der Waals surface area contributed by atoms with Gasteiger partial charge in [-0.05, 0) is 45.2 Å². The van der Waals surface area contributed by atoms with Gasteiger partial charge in [-0.25, -0.2) is 4.98 Å². The molecule has 0 atom stereocenters. The minimum atomic E-state index is 0.572. The predicted molar refractivity (Wildman–Crippen MR) is 89.7 cm³/mol. The molecule has 1 aromatic heterocycles. The lowest BCUT2D eigenvalue weighted by molar-refractivity contribution is 0.576. The van der Waals surface area contributed by atoms with Crippen LogP contribution in [0.4, 0.5) is 5.13 Å². The van der Waals surface area contributed by atoms with Gasteiger partial charge in [0.05, 0.1) is 10.6 Å². The van der Waals surface area contributed by atoms with Gasteiger partial charge in [-0.3, -0.25) is 0 Å². The molecule has 1 N–H and O–H groups in total. The molecule has 0 radical (unpaired) electrons. The lowest BCUT2D eigenvalue weighted by atomic mass is 10.0. The van der Waals surface area contributed by atoms with Crippen LogP contribution in [0.2, 0.25) is 0 Å². The number of thiazole rings is 1. The molecular weight excluding hydrogens is 266 g/mol. The first kappa shape index (κ1) is 15.5. The summed E-state index contributed by atoms with van der Waals surface area (Å²) in [4.78, 5) is 8.56. The molecule has 0 amide bonds. The van der Waals surface area contributed by atoms with E-state index in [4.69, 9.17) is 4.98 Å². The van der Waals surface area contributed by atoms with Crippen molar-refractivity contribution in [1.29, 1.82) is 0 Å². The van der Waals surface area contributed by atoms with Gasteiger partial charge in [0.2, 0.25) is 0 Å². The van der Waals surface area contributed by atoms with Crippen molar-refractivity contribution in [2.24, 2.45) is 5.92 Å². The highest BCUT2D eigenvalue weighted by molar-refractivity contribution is 7.16. The van der Waals surface area contributed by atoms with Crippen molar-refractivity contribution >= 4 is 22.5 Å². The average Bonchev–Trinajstić information content (AvgIpc) is 2.80. The van der Waals surface area contributed by atoms with E-state index in [0.717, 1.165) is 6.54 Å². The summed E-state index contributed by atoms with van der Waals surface area (Å²) in [7, 11) is 2.01. The predicted octanol–water partition coefficient (Wildman–Crippen LogP) is 3.70. The smallest absolute Gasteiger partial charge is 0.186 e. The van der Waals surface area contributed by atoms with Crippen LogP contribution in [0.1, 0.15) is 43.7 Å². The second-order valence-corrected chi connectivity index (χ2v) is 6.91. The van der Waals surface area contributed by atoms with Gasteiger partial charge >= 0.3 is 0 Å². The number of nitrogens with zero attached hydrogens (tertiary/aromatic N) is 2. The monoisotopic (exact) mass is 293 g/mol. The summed E-state index contributed by atoms with van der Waals surface area (Å²) in [5.74, 6) is 0.572. The maximum absolute atomic E-state index is 4.79. The quantitative estimate of drug-likeness (QED) is 0.897. The molecule has 0 aliphatic carbocycles. The Morgan fingerprint density at radius 2 is 2.05 bits per heavy atom. The lowest BCUT2D eigenvalue weighted by Crippen LogP contribution is -2.29. The van der Waals surface area contributed by atoms with Gasteiger partial charge in [-0.15, -0.1) is 0 Å². The van der Waals surface area contributed by atoms with Gasteiger partial charge in [0, 0.05) is 19.6 Å². The fraction of sp³-hybridized carbons (Fsp3) is 0.688. The second kappa shape index (κ2) is 7.23. The third kappa shape index (κ3) is 3.83. The summed E-state index contributed by atoms with van der Waals surface area (Å²) in [6, 6.07) is 0. The van der Waals surface area contributed by atoms with Crippen molar-refractivity contribution in [3.05, 3.63) is 16.1 Å². The molecule has 0 spiro atoms. The fourth-order valence-electron chi connectivity index (χ4n) is 2.54. The largest absolute Gasteiger partial charge is 0.348 e. The van der Waals surface area contributed by atoms with Crippen LogP contribution in [0.5, 0.6) is 0 Å². The van der Waals surface area contributed by atoms with Crippen LogP contribution in [0.25, 0.3) is 6.08 Å². The van der Waals surface area contributed by atoms with E-state index in [1.165, 1.54) is 53.6 Å². The maximum Gasteiger partial charge on any atom is 0.186 e. The first-order chi connectivity index (χ1) is 9.61. The van der Waals surface area contributed by atoms with E-state index in [0.29, 0.717) is 5.92 Å². The van der Waals surface area contributed by atoms with Crippen molar-refractivity contribution in [3.8, 4) is 0 Å². The zero-order chi connectivity index (χ0) is 14.5. The number of aryl methyl sites for hydroxylation is 1. The van der Waals surface area contributed by atoms with Gasteiger partial charge in [-0.1, -0.05) is 30.8 Å². The van der Waals surface area contributed by atoms with Crippen LogP contribution < -0.4 is 10.2 Å². The molecule has 3 nitrogen and oxygen atoms in total. The highest BCUT2D eigenvalue weighted by Crippen LogP contribution is 2.30. The zero-order valence-electron chi connectivity index (χ0n) is 13.2. The highest BCUT2D eigenvalue weighted by atomic mass is 32.1. The molecule has 20 heavy (non-hydrogen) atoms. The first-order valence-electron chi connectivity index (χ1n) is 7.69. The Morgan fingerprint density at radius 1 is 1.35 bits per heavy atom. The summed E-state index contributed by atoms with van der Waals surface area (Å²) in [6.07, 6.45) is 6.32. The SMILES string of the molecule is CNCC(=Cc1sc(N2CCCCC2)nc1C)C(C)C. The van der Waals surface area contributed by atoms with Gasteiger partial charge in [-0.2, -0.15) is 0 Å². The normalized spacial score (nSPS) is 17.1. The topological polar surface area (TPSA) is 28.2 Å². The Bertz CT molecular complexity index is 456. The van der Waals surface area contributed by atoms with Crippen LogP contribution in [-0.4, -0.2) is 31.7 Å². The molecule has 1 aliphatic rings. The van der Waals surface area contributed by atoms with E-state index in [1.807, 2.05) is 18.4 Å². The molecule has 1 saturated heterocycles. The molecule has 4 heteroatoms. The number of nitrogens with one attached hydrogen (secondary N) is 1. The van der Waals surface area contributed by atoms with Crippen LogP contribution in [0, 0.1) is 12.8 Å². The number of anilines is 1. The third-order valence-electron chi connectivity index (χ3n) is 3.89. The molecule has 0 saturated carbocycles. The van der Waals surface area contributed by atoms with E-state index in [9.17, 15) is 0 Å². The van der Waals surface area contributed by atoms with Crippen LogP contribution >= 0.6 is 11.3 Å². The Hall–Kier alpha value is -0.870. The van der Waals surface area contributed by atoms with E-state index in [-0.39, 0.29) is 0 Å². The summed E-state index contributed by atoms with van der Waals surface area (Å²) >= 11 is 1.85. The first-order valence-corrected chi connectivity index (χ1v) is 8.51. The van der Waals surface area contributed by atoms with Crippen LogP contribution in [0.15, 0.2) is 5.57 Å². The number of piperidine rings is 1. The molecule has 0 unspecified atom stereocenters. The van der Waals surface area contributed by atoms with Crippen LogP contribution in [-0.2, 0) is 0 Å². The Balaban J connectivity index is 2.19. The summed E-state index contributed by atoms with van der Waals surface area (Å²) in [5.41, 5.74) is 2.62. The number of hydrogen-bond donors (Lipinski definition) is 1. The summed E-state index contributed by atoms with van der Waals surface area (Å²) < 4.78 is 0. The molecule has 112 valence electrons. The molecule has 0 bridgehead atoms. The van der Waals surface area contributed by atoms with Gasteiger partial charge < -0.3 is 10.2 Å². The molecule has 2 heterocycles. The molecule has 1 aliphatic heterocycles. The minimum Gasteiger partial charge on any atom is -0.348 e. The molecule has 1 fully saturated rings. The van der Waals surface area contributed by atoms with E-state index < -0.39 is 0 Å². The molecule has 1 aromatic rings. The number of likely N-dealkylation sites (N-methyl/N-ethyl adjacent to an activating group) is 1. The van der Waals surface area contributed by atoms with Crippen molar-refractivity contribution in [1.82, 2.24) is 10.3 Å². The van der Waals surface area contributed by atoms with Crippen molar-refractivity contribution in [2.75, 3.05) is 31.6 Å². The number of hydrogen-bond acceptors (Lipinski definition) is 4. The fourth-order valence-corrected chi connectivity index (χ4v) is 3.64. The zero-order valence-corrected chi connectivity index (χ0v) is 14.0. The highest BCUT2D eigenvalue weighted by Gasteiger charge is 2.16. The molecular formula is C16H27N3S. The van der Waals surface area contributed by atoms with Crippen molar-refractivity contribution in [3.63, 3.8) is 0 Å². The van der Waals surface area contributed by atoms with E-state index in [2.05, 4.69) is 37.1 Å². The van der Waals surface area contributed by atoms with Gasteiger partial charge in [0.1, 0.15) is 0 Å². The van der Waals surface area contributed by atoms with Gasteiger partial charge in [0.25, 0.3) is 0 Å². The van der Waals surface area contributed by atoms with Gasteiger partial charge in [0.15, 0.2) is 5.13 Å².